The van der Waals surface area contributed by atoms with Crippen LogP contribution in [0.1, 0.15) is 50.7 Å². The Bertz CT molecular complexity index is 348. The lowest BCUT2D eigenvalue weighted by molar-refractivity contribution is 0.150. The van der Waals surface area contributed by atoms with Crippen molar-refractivity contribution < 1.29 is 5.11 Å². The topological polar surface area (TPSA) is 20.2 Å². The van der Waals surface area contributed by atoms with Crippen LogP contribution in [0.5, 0.6) is 0 Å². The first-order valence-electron chi connectivity index (χ1n) is 5.85. The minimum Gasteiger partial charge on any atom is -0.392 e. The van der Waals surface area contributed by atoms with Crippen LogP contribution in [0, 0.1) is 0 Å². The van der Waals surface area contributed by atoms with E-state index in [9.17, 15) is 5.11 Å². The fourth-order valence-corrected chi connectivity index (χ4v) is 2.50. The standard InChI is InChI=1S/C14H20O/c1-10(2)12-6-4-5-7-13(12)14(8-9-14)11(3)15/h4-7,10-11,15H,8-9H2,1-3H3. The summed E-state index contributed by atoms with van der Waals surface area (Å²) >= 11 is 0. The molecule has 2 rings (SSSR count). The van der Waals surface area contributed by atoms with Gasteiger partial charge in [-0.1, -0.05) is 38.1 Å². The van der Waals surface area contributed by atoms with Crippen molar-refractivity contribution in [3.05, 3.63) is 35.4 Å². The predicted molar refractivity (Wildman–Crippen MR) is 63.1 cm³/mol. The van der Waals surface area contributed by atoms with Gasteiger partial charge in [-0.2, -0.15) is 0 Å². The smallest absolute Gasteiger partial charge is 0.0608 e. The highest BCUT2D eigenvalue weighted by atomic mass is 16.3. The van der Waals surface area contributed by atoms with Gasteiger partial charge in [0.15, 0.2) is 0 Å². The summed E-state index contributed by atoms with van der Waals surface area (Å²) in [5.41, 5.74) is 2.84. The van der Waals surface area contributed by atoms with E-state index in [2.05, 4.69) is 38.1 Å². The van der Waals surface area contributed by atoms with Gasteiger partial charge in [-0.15, -0.1) is 0 Å². The molecule has 15 heavy (non-hydrogen) atoms. The fourth-order valence-electron chi connectivity index (χ4n) is 2.50. The third kappa shape index (κ3) is 1.69. The molecule has 1 atom stereocenters. The highest BCUT2D eigenvalue weighted by Crippen LogP contribution is 2.52. The molecule has 1 fully saturated rings. The molecule has 0 bridgehead atoms. The van der Waals surface area contributed by atoms with Gasteiger partial charge in [-0.05, 0) is 36.8 Å². The summed E-state index contributed by atoms with van der Waals surface area (Å²) in [6.07, 6.45) is 2.04. The van der Waals surface area contributed by atoms with E-state index in [0.29, 0.717) is 5.92 Å². The lowest BCUT2D eigenvalue weighted by Gasteiger charge is -2.24. The second kappa shape index (κ2) is 3.64. The zero-order valence-corrected chi connectivity index (χ0v) is 9.83. The van der Waals surface area contributed by atoms with Gasteiger partial charge in [0, 0.05) is 5.41 Å². The van der Waals surface area contributed by atoms with Crippen molar-refractivity contribution in [1.82, 2.24) is 0 Å². The maximum atomic E-state index is 9.90. The van der Waals surface area contributed by atoms with Gasteiger partial charge in [-0.3, -0.25) is 0 Å². The van der Waals surface area contributed by atoms with Gasteiger partial charge >= 0.3 is 0 Å². The largest absolute Gasteiger partial charge is 0.392 e. The molecule has 0 amide bonds. The van der Waals surface area contributed by atoms with Crippen molar-refractivity contribution in [2.24, 2.45) is 0 Å². The zero-order chi connectivity index (χ0) is 11.1. The van der Waals surface area contributed by atoms with Crippen molar-refractivity contribution in [3.63, 3.8) is 0 Å². The summed E-state index contributed by atoms with van der Waals surface area (Å²) in [4.78, 5) is 0. The first-order chi connectivity index (χ1) is 7.08. The molecule has 1 aromatic rings. The third-order valence-electron chi connectivity index (χ3n) is 3.71. The Kier molecular flexibility index (Phi) is 2.59. The molecule has 1 unspecified atom stereocenters. The molecule has 1 N–H and O–H groups in total. The molecule has 0 heterocycles. The van der Waals surface area contributed by atoms with Crippen LogP contribution < -0.4 is 0 Å². The Hall–Kier alpha value is -0.820. The van der Waals surface area contributed by atoms with Crippen LogP contribution in [0.4, 0.5) is 0 Å². The van der Waals surface area contributed by atoms with E-state index in [4.69, 9.17) is 0 Å². The molecular weight excluding hydrogens is 184 g/mol. The molecule has 0 aromatic heterocycles. The molecule has 0 aliphatic heterocycles. The van der Waals surface area contributed by atoms with Crippen LogP contribution in [0.2, 0.25) is 0 Å². The van der Waals surface area contributed by atoms with Crippen molar-refractivity contribution in [3.8, 4) is 0 Å². The molecule has 0 saturated heterocycles. The monoisotopic (exact) mass is 204 g/mol. The number of benzene rings is 1. The van der Waals surface area contributed by atoms with E-state index in [0.717, 1.165) is 12.8 Å². The fraction of sp³-hybridized carbons (Fsp3) is 0.571. The molecule has 1 saturated carbocycles. The van der Waals surface area contributed by atoms with E-state index in [-0.39, 0.29) is 11.5 Å². The van der Waals surface area contributed by atoms with Gasteiger partial charge in [0.25, 0.3) is 0 Å². The number of hydrogen-bond acceptors (Lipinski definition) is 1. The molecule has 1 aromatic carbocycles. The summed E-state index contributed by atoms with van der Waals surface area (Å²) in [6.45, 7) is 6.36. The predicted octanol–water partition coefficient (Wildman–Crippen LogP) is 3.22. The first kappa shape index (κ1) is 10.7. The van der Waals surface area contributed by atoms with Crippen molar-refractivity contribution in [1.29, 1.82) is 0 Å². The summed E-state index contributed by atoms with van der Waals surface area (Å²) in [7, 11) is 0. The molecular formula is C14H20O. The number of aliphatic hydroxyl groups excluding tert-OH is 1. The second-order valence-electron chi connectivity index (χ2n) is 5.07. The van der Waals surface area contributed by atoms with Crippen LogP contribution in [0.3, 0.4) is 0 Å². The normalized spacial score (nSPS) is 20.3. The Morgan fingerprint density at radius 2 is 1.73 bits per heavy atom. The summed E-state index contributed by atoms with van der Waals surface area (Å²) in [6, 6.07) is 8.57. The Morgan fingerprint density at radius 1 is 1.13 bits per heavy atom. The first-order valence-corrected chi connectivity index (χ1v) is 5.85. The molecule has 1 nitrogen and oxygen atoms in total. The molecule has 1 aliphatic carbocycles. The lowest BCUT2D eigenvalue weighted by Crippen LogP contribution is -2.24. The van der Waals surface area contributed by atoms with Crippen molar-refractivity contribution in [2.75, 3.05) is 0 Å². The SMILES string of the molecule is CC(C)c1ccccc1C1(C(C)O)CC1. The third-order valence-corrected chi connectivity index (χ3v) is 3.71. The lowest BCUT2D eigenvalue weighted by atomic mass is 9.84. The van der Waals surface area contributed by atoms with Gasteiger partial charge in [0.05, 0.1) is 6.10 Å². The average Bonchev–Trinajstić information content (AvgIpc) is 2.98. The van der Waals surface area contributed by atoms with Crippen LogP contribution in [0.25, 0.3) is 0 Å². The summed E-state index contributed by atoms with van der Waals surface area (Å²) in [5.74, 6) is 0.539. The highest BCUT2D eigenvalue weighted by molar-refractivity contribution is 5.41. The van der Waals surface area contributed by atoms with Crippen molar-refractivity contribution >= 4 is 0 Å². The van der Waals surface area contributed by atoms with Gasteiger partial charge in [0.2, 0.25) is 0 Å². The molecule has 1 heteroatoms. The van der Waals surface area contributed by atoms with Gasteiger partial charge in [0.1, 0.15) is 0 Å². The minimum atomic E-state index is -0.225. The summed E-state index contributed by atoms with van der Waals surface area (Å²) < 4.78 is 0. The Morgan fingerprint density at radius 3 is 2.20 bits per heavy atom. The van der Waals surface area contributed by atoms with E-state index >= 15 is 0 Å². The molecule has 1 aliphatic rings. The van der Waals surface area contributed by atoms with Crippen LogP contribution in [-0.4, -0.2) is 11.2 Å². The number of hydrogen-bond donors (Lipinski definition) is 1. The van der Waals surface area contributed by atoms with Gasteiger partial charge < -0.3 is 5.11 Å². The number of aliphatic hydroxyl groups is 1. The maximum Gasteiger partial charge on any atom is 0.0608 e. The van der Waals surface area contributed by atoms with E-state index < -0.39 is 0 Å². The van der Waals surface area contributed by atoms with Crippen molar-refractivity contribution in [2.45, 2.75) is 51.0 Å². The van der Waals surface area contributed by atoms with Crippen LogP contribution in [0.15, 0.2) is 24.3 Å². The van der Waals surface area contributed by atoms with E-state index in [1.54, 1.807) is 0 Å². The van der Waals surface area contributed by atoms with Crippen LogP contribution in [-0.2, 0) is 5.41 Å². The molecule has 82 valence electrons. The Labute approximate surface area is 92.1 Å². The van der Waals surface area contributed by atoms with Gasteiger partial charge in [-0.25, -0.2) is 0 Å². The van der Waals surface area contributed by atoms with E-state index in [1.807, 2.05) is 6.92 Å². The van der Waals surface area contributed by atoms with E-state index in [1.165, 1.54) is 11.1 Å². The summed E-state index contributed by atoms with van der Waals surface area (Å²) in [5, 5.41) is 9.90. The minimum absolute atomic E-state index is 0.0703. The highest BCUT2D eigenvalue weighted by Gasteiger charge is 2.49. The zero-order valence-electron chi connectivity index (χ0n) is 9.83. The Balaban J connectivity index is 2.44. The quantitative estimate of drug-likeness (QED) is 0.801. The second-order valence-corrected chi connectivity index (χ2v) is 5.07. The number of rotatable bonds is 3. The maximum absolute atomic E-state index is 9.90. The molecule has 0 spiro atoms. The average molecular weight is 204 g/mol. The molecule has 0 radical (unpaired) electrons. The van der Waals surface area contributed by atoms with Crippen LogP contribution >= 0.6 is 0 Å².